The van der Waals surface area contributed by atoms with E-state index in [-0.39, 0.29) is 0 Å². The third-order valence-corrected chi connectivity index (χ3v) is 1.43. The summed E-state index contributed by atoms with van der Waals surface area (Å²) >= 11 is 0. The summed E-state index contributed by atoms with van der Waals surface area (Å²) in [6.07, 6.45) is 2.29. The number of hydrazone groups is 1. The summed E-state index contributed by atoms with van der Waals surface area (Å²) in [6.45, 7) is 3.20. The van der Waals surface area contributed by atoms with Crippen LogP contribution in [-0.4, -0.2) is 29.7 Å². The van der Waals surface area contributed by atoms with E-state index in [1.54, 1.807) is 12.1 Å². The van der Waals surface area contributed by atoms with Gasteiger partial charge in [0.05, 0.1) is 13.1 Å². The van der Waals surface area contributed by atoms with Crippen LogP contribution in [-0.2, 0) is 0 Å². The van der Waals surface area contributed by atoms with Crippen molar-refractivity contribution < 1.29 is 4.85 Å². The van der Waals surface area contributed by atoms with E-state index in [9.17, 15) is 5.21 Å². The van der Waals surface area contributed by atoms with Gasteiger partial charge >= 0.3 is 0 Å². The molecule has 0 aromatic rings. The zero-order valence-corrected chi connectivity index (χ0v) is 5.00. The summed E-state index contributed by atoms with van der Waals surface area (Å²) < 4.78 is 0. The Bertz CT molecular complexity index is 109. The minimum Gasteiger partial charge on any atom is -0.597 e. The third kappa shape index (κ3) is 0.911. The lowest BCUT2D eigenvalue weighted by molar-refractivity contribution is -0.627. The molecule has 0 atom stereocenters. The Morgan fingerprint density at radius 2 is 2.25 bits per heavy atom. The van der Waals surface area contributed by atoms with E-state index in [2.05, 4.69) is 6.72 Å². The first-order valence-corrected chi connectivity index (χ1v) is 2.72. The van der Waals surface area contributed by atoms with Gasteiger partial charge in [-0.15, -0.1) is 0 Å². The maximum atomic E-state index is 10.4. The fraction of sp³-hybridized carbons (Fsp3) is 0.800. The summed E-state index contributed by atoms with van der Waals surface area (Å²) in [5, 5.41) is 12.0. The lowest BCUT2D eigenvalue weighted by atomic mass is 10.7. The zero-order valence-electron chi connectivity index (χ0n) is 5.00. The molecule has 46 valence electrons. The Hall–Kier alpha value is -0.730. The van der Waals surface area contributed by atoms with E-state index in [0.717, 1.165) is 12.8 Å². The number of hydrogen-bond acceptors (Lipinski definition) is 2. The van der Waals surface area contributed by atoms with Crippen molar-refractivity contribution in [3.8, 4) is 0 Å². The van der Waals surface area contributed by atoms with E-state index in [0.29, 0.717) is 10.9 Å². The van der Waals surface area contributed by atoms with Crippen molar-refractivity contribution in [3.05, 3.63) is 5.21 Å². The highest BCUT2D eigenvalue weighted by Gasteiger charge is 2.29. The highest BCUT2D eigenvalue weighted by Crippen LogP contribution is 2.24. The number of rotatable bonds is 2. The van der Waals surface area contributed by atoms with Crippen LogP contribution in [0.4, 0.5) is 0 Å². The molecule has 0 aromatic heterocycles. The van der Waals surface area contributed by atoms with E-state index in [4.69, 9.17) is 0 Å². The quantitative estimate of drug-likeness (QED) is 0.222. The van der Waals surface area contributed by atoms with Crippen molar-refractivity contribution in [2.45, 2.75) is 18.9 Å². The minimum atomic E-state index is 0.477. The molecular formula is C5H10N2O. The average molecular weight is 114 g/mol. The molecule has 0 N–H and O–H groups in total. The van der Waals surface area contributed by atoms with Gasteiger partial charge in [-0.25, -0.2) is 0 Å². The standard InChI is InChI=1S/C5H10N2O/c1-6(7(2)8)5-3-4-5/h5H,2-4H2,1H3. The van der Waals surface area contributed by atoms with Gasteiger partial charge in [-0.1, -0.05) is 4.85 Å². The summed E-state index contributed by atoms with van der Waals surface area (Å²) in [5.41, 5.74) is 0. The summed E-state index contributed by atoms with van der Waals surface area (Å²) in [6, 6.07) is 0.477. The lowest BCUT2D eigenvalue weighted by Gasteiger charge is -2.13. The molecule has 0 saturated heterocycles. The van der Waals surface area contributed by atoms with E-state index >= 15 is 0 Å². The van der Waals surface area contributed by atoms with Crippen molar-refractivity contribution in [2.75, 3.05) is 7.05 Å². The molecule has 0 amide bonds. The Morgan fingerprint density at radius 3 is 2.38 bits per heavy atom. The van der Waals surface area contributed by atoms with Gasteiger partial charge in [0.1, 0.15) is 0 Å². The van der Waals surface area contributed by atoms with Gasteiger partial charge in [0.2, 0.25) is 0 Å². The molecule has 8 heavy (non-hydrogen) atoms. The van der Waals surface area contributed by atoms with Crippen LogP contribution in [0.2, 0.25) is 0 Å². The number of hydrogen-bond donors (Lipinski definition) is 0. The molecule has 0 aliphatic heterocycles. The van der Waals surface area contributed by atoms with Crippen molar-refractivity contribution in [3.63, 3.8) is 0 Å². The maximum Gasteiger partial charge on any atom is 0.171 e. The highest BCUT2D eigenvalue weighted by atomic mass is 16.5. The van der Waals surface area contributed by atoms with Gasteiger partial charge in [0.25, 0.3) is 0 Å². The molecule has 0 bridgehead atoms. The molecule has 0 aromatic carbocycles. The summed E-state index contributed by atoms with van der Waals surface area (Å²) in [4.78, 5) is 0.637. The summed E-state index contributed by atoms with van der Waals surface area (Å²) in [5.74, 6) is 0. The summed E-state index contributed by atoms with van der Waals surface area (Å²) in [7, 11) is 1.76. The lowest BCUT2D eigenvalue weighted by Crippen LogP contribution is -2.27. The Morgan fingerprint density at radius 1 is 1.75 bits per heavy atom. The zero-order chi connectivity index (χ0) is 6.15. The van der Waals surface area contributed by atoms with Gasteiger partial charge in [-0.3, -0.25) is 0 Å². The Labute approximate surface area is 48.8 Å². The molecule has 0 unspecified atom stereocenters. The predicted octanol–water partition coefficient (Wildman–Crippen LogP) is 0.206. The molecule has 1 aliphatic rings. The molecule has 1 saturated carbocycles. The van der Waals surface area contributed by atoms with E-state index in [1.165, 1.54) is 0 Å². The molecular weight excluding hydrogens is 104 g/mol. The minimum absolute atomic E-state index is 0.477. The molecule has 0 spiro atoms. The van der Waals surface area contributed by atoms with Gasteiger partial charge in [0.15, 0.2) is 6.72 Å². The molecule has 0 radical (unpaired) electrons. The second-order valence-corrected chi connectivity index (χ2v) is 2.16. The fourth-order valence-electron chi connectivity index (χ4n) is 0.630. The van der Waals surface area contributed by atoms with E-state index in [1.807, 2.05) is 0 Å². The molecule has 0 heterocycles. The molecule has 3 nitrogen and oxygen atoms in total. The van der Waals surface area contributed by atoms with Crippen molar-refractivity contribution in [2.24, 2.45) is 0 Å². The monoisotopic (exact) mass is 114 g/mol. The number of hydrazine groups is 1. The molecule has 1 fully saturated rings. The normalized spacial score (nSPS) is 18.1. The maximum absolute atomic E-state index is 10.4. The first kappa shape index (κ1) is 5.41. The van der Waals surface area contributed by atoms with Crippen LogP contribution >= 0.6 is 0 Å². The van der Waals surface area contributed by atoms with Crippen molar-refractivity contribution in [1.82, 2.24) is 5.01 Å². The molecule has 1 rings (SSSR count). The van der Waals surface area contributed by atoms with Gasteiger partial charge in [-0.2, -0.15) is 5.01 Å². The SMILES string of the molecule is C=[N+]([O-])N(C)C1CC1. The topological polar surface area (TPSA) is 29.3 Å². The van der Waals surface area contributed by atoms with Gasteiger partial charge < -0.3 is 5.21 Å². The average Bonchev–Trinajstić information content (AvgIpc) is 2.43. The predicted molar refractivity (Wildman–Crippen MR) is 31.5 cm³/mol. The van der Waals surface area contributed by atoms with E-state index < -0.39 is 0 Å². The Kier molecular flexibility index (Phi) is 1.12. The van der Waals surface area contributed by atoms with Crippen LogP contribution in [0, 0.1) is 5.21 Å². The highest BCUT2D eigenvalue weighted by molar-refractivity contribution is 5.14. The van der Waals surface area contributed by atoms with Crippen LogP contribution in [0.3, 0.4) is 0 Å². The molecule has 1 aliphatic carbocycles. The third-order valence-electron chi connectivity index (χ3n) is 1.43. The van der Waals surface area contributed by atoms with Crippen LogP contribution in [0.5, 0.6) is 0 Å². The van der Waals surface area contributed by atoms with Crippen LogP contribution in [0.1, 0.15) is 12.8 Å². The van der Waals surface area contributed by atoms with Gasteiger partial charge in [0, 0.05) is 0 Å². The fourth-order valence-corrected chi connectivity index (χ4v) is 0.630. The van der Waals surface area contributed by atoms with Crippen LogP contribution in [0.15, 0.2) is 0 Å². The molecule has 3 heteroatoms. The smallest absolute Gasteiger partial charge is 0.171 e. The Balaban J connectivity index is 2.32. The second-order valence-electron chi connectivity index (χ2n) is 2.16. The number of nitrogens with zero attached hydrogens (tertiary/aromatic N) is 2. The van der Waals surface area contributed by atoms with Crippen molar-refractivity contribution >= 4 is 6.72 Å². The van der Waals surface area contributed by atoms with Crippen LogP contribution < -0.4 is 0 Å². The van der Waals surface area contributed by atoms with Crippen molar-refractivity contribution in [1.29, 1.82) is 0 Å². The second kappa shape index (κ2) is 1.65. The largest absolute Gasteiger partial charge is 0.597 e. The van der Waals surface area contributed by atoms with Crippen LogP contribution in [0.25, 0.3) is 0 Å². The first-order valence-electron chi connectivity index (χ1n) is 2.72. The van der Waals surface area contributed by atoms with Gasteiger partial charge in [-0.05, 0) is 12.8 Å². The first-order chi connectivity index (χ1) is 3.72.